The first kappa shape index (κ1) is 26.7. The van der Waals surface area contributed by atoms with E-state index in [1.54, 1.807) is 6.20 Å². The van der Waals surface area contributed by atoms with Crippen LogP contribution in [0.4, 0.5) is 0 Å². The lowest BCUT2D eigenvalue weighted by Gasteiger charge is -2.27. The van der Waals surface area contributed by atoms with E-state index in [1.807, 2.05) is 60.4 Å². The van der Waals surface area contributed by atoms with Crippen molar-refractivity contribution < 1.29 is 14.4 Å². The topological polar surface area (TPSA) is 107 Å². The first-order valence-electron chi connectivity index (χ1n) is 14.0. The van der Waals surface area contributed by atoms with Crippen LogP contribution in [0.15, 0.2) is 66.9 Å². The number of carbonyl (C=O) groups excluding carboxylic acids is 3. The zero-order valence-corrected chi connectivity index (χ0v) is 22.4. The predicted molar refractivity (Wildman–Crippen MR) is 148 cm³/mol. The Morgan fingerprint density at radius 3 is 2.44 bits per heavy atom. The summed E-state index contributed by atoms with van der Waals surface area (Å²) in [5, 5.41) is 5.83. The van der Waals surface area contributed by atoms with Crippen LogP contribution < -0.4 is 10.6 Å². The fraction of sp³-hybridized carbons (Fsp3) is 0.419. The molecule has 2 aliphatic rings. The summed E-state index contributed by atoms with van der Waals surface area (Å²) in [7, 11) is 0. The SMILES string of the molecule is C[C@H](NC(=O)[C@H](CC(=O)N1CCCC1c1ccccc1)NC(=O)CC1CC1)c1ncc(Cc2ccccc2)[nH]1. The van der Waals surface area contributed by atoms with Crippen molar-refractivity contribution in [3.8, 4) is 0 Å². The zero-order valence-electron chi connectivity index (χ0n) is 22.4. The van der Waals surface area contributed by atoms with E-state index in [2.05, 4.69) is 32.7 Å². The summed E-state index contributed by atoms with van der Waals surface area (Å²) < 4.78 is 0. The number of hydrogen-bond donors (Lipinski definition) is 3. The zero-order chi connectivity index (χ0) is 27.2. The average Bonchev–Trinajstić information content (AvgIpc) is 3.40. The molecule has 5 rings (SSSR count). The summed E-state index contributed by atoms with van der Waals surface area (Å²) in [5.74, 6) is 0.339. The Morgan fingerprint density at radius 1 is 1.00 bits per heavy atom. The number of nitrogens with zero attached hydrogens (tertiary/aromatic N) is 2. The van der Waals surface area contributed by atoms with Gasteiger partial charge in [-0.25, -0.2) is 4.98 Å². The van der Waals surface area contributed by atoms with Gasteiger partial charge in [-0.05, 0) is 49.7 Å². The van der Waals surface area contributed by atoms with Crippen molar-refractivity contribution in [2.24, 2.45) is 5.92 Å². The van der Waals surface area contributed by atoms with Gasteiger partial charge in [0.25, 0.3) is 0 Å². The number of amides is 3. The lowest BCUT2D eigenvalue weighted by atomic mass is 10.0. The number of aromatic amines is 1. The molecule has 1 unspecified atom stereocenters. The van der Waals surface area contributed by atoms with E-state index in [1.165, 1.54) is 0 Å². The minimum absolute atomic E-state index is 0.00495. The number of imidazole rings is 1. The number of H-pyrrole nitrogens is 1. The van der Waals surface area contributed by atoms with Crippen LogP contribution >= 0.6 is 0 Å². The van der Waals surface area contributed by atoms with Gasteiger partial charge >= 0.3 is 0 Å². The van der Waals surface area contributed by atoms with Crippen LogP contribution in [0, 0.1) is 5.92 Å². The number of aromatic nitrogens is 2. The van der Waals surface area contributed by atoms with Crippen molar-refractivity contribution in [2.75, 3.05) is 6.54 Å². The van der Waals surface area contributed by atoms with Gasteiger partial charge in [0.2, 0.25) is 17.7 Å². The molecule has 1 aliphatic heterocycles. The summed E-state index contributed by atoms with van der Waals surface area (Å²) in [6.07, 6.45) is 6.69. The molecule has 2 aromatic carbocycles. The molecule has 8 heteroatoms. The quantitative estimate of drug-likeness (QED) is 0.347. The third-order valence-electron chi connectivity index (χ3n) is 7.61. The Hall–Kier alpha value is -3.94. The molecule has 1 saturated carbocycles. The molecule has 2 fully saturated rings. The predicted octanol–water partition coefficient (Wildman–Crippen LogP) is 4.22. The summed E-state index contributed by atoms with van der Waals surface area (Å²) in [6, 6.07) is 18.7. The second kappa shape index (κ2) is 12.3. The standard InChI is InChI=1S/C31H37N5O3/c1-21(30-32-20-25(34-30)17-22-9-4-2-5-10-22)33-31(39)26(35-28(37)18-23-14-15-23)19-29(38)36-16-8-13-27(36)24-11-6-3-7-12-24/h2-7,9-12,20-21,23,26-27H,8,13-19H2,1H3,(H,32,34)(H,33,39)(H,35,37)/t21-,26-,27?/m0/s1. The first-order chi connectivity index (χ1) is 19.0. The van der Waals surface area contributed by atoms with E-state index >= 15 is 0 Å². The maximum Gasteiger partial charge on any atom is 0.243 e. The third kappa shape index (κ3) is 7.13. The molecule has 204 valence electrons. The normalized spacial score (nSPS) is 18.4. The number of nitrogens with one attached hydrogen (secondary N) is 3. The number of benzene rings is 2. The van der Waals surface area contributed by atoms with E-state index in [-0.39, 0.29) is 30.2 Å². The molecule has 3 N–H and O–H groups in total. The second-order valence-electron chi connectivity index (χ2n) is 10.8. The molecule has 1 saturated heterocycles. The fourth-order valence-corrected chi connectivity index (χ4v) is 5.31. The Morgan fingerprint density at radius 2 is 1.72 bits per heavy atom. The van der Waals surface area contributed by atoms with E-state index in [0.29, 0.717) is 31.1 Å². The van der Waals surface area contributed by atoms with Gasteiger partial charge < -0.3 is 20.5 Å². The van der Waals surface area contributed by atoms with Crippen LogP contribution in [-0.2, 0) is 20.8 Å². The fourth-order valence-electron chi connectivity index (χ4n) is 5.31. The molecule has 0 spiro atoms. The van der Waals surface area contributed by atoms with Gasteiger partial charge in [0.1, 0.15) is 11.9 Å². The molecule has 2 heterocycles. The molecule has 3 amide bonds. The lowest BCUT2D eigenvalue weighted by molar-refractivity contribution is -0.137. The van der Waals surface area contributed by atoms with E-state index in [0.717, 1.165) is 42.5 Å². The largest absolute Gasteiger partial charge is 0.345 e. The molecule has 3 aromatic rings. The average molecular weight is 528 g/mol. The van der Waals surface area contributed by atoms with Crippen LogP contribution in [0.25, 0.3) is 0 Å². The lowest BCUT2D eigenvalue weighted by Crippen LogP contribution is -2.50. The molecule has 8 nitrogen and oxygen atoms in total. The minimum atomic E-state index is -0.943. The van der Waals surface area contributed by atoms with Crippen molar-refractivity contribution in [3.63, 3.8) is 0 Å². The van der Waals surface area contributed by atoms with Crippen molar-refractivity contribution in [1.82, 2.24) is 25.5 Å². The van der Waals surface area contributed by atoms with Gasteiger partial charge in [-0.3, -0.25) is 14.4 Å². The number of hydrogen-bond acceptors (Lipinski definition) is 4. The number of rotatable bonds is 11. The van der Waals surface area contributed by atoms with Crippen molar-refractivity contribution >= 4 is 17.7 Å². The van der Waals surface area contributed by atoms with Gasteiger partial charge in [-0.1, -0.05) is 60.7 Å². The highest BCUT2D eigenvalue weighted by Gasteiger charge is 2.34. The number of carbonyl (C=O) groups is 3. The van der Waals surface area contributed by atoms with Crippen molar-refractivity contribution in [3.05, 3.63) is 89.5 Å². The monoisotopic (exact) mass is 527 g/mol. The molecular formula is C31H37N5O3. The molecule has 1 aromatic heterocycles. The second-order valence-corrected chi connectivity index (χ2v) is 10.8. The summed E-state index contributed by atoms with van der Waals surface area (Å²) in [4.78, 5) is 49.2. The van der Waals surface area contributed by atoms with Crippen LogP contribution in [0.1, 0.15) is 80.2 Å². The molecule has 3 atom stereocenters. The smallest absolute Gasteiger partial charge is 0.243 e. The van der Waals surface area contributed by atoms with Crippen LogP contribution in [0.2, 0.25) is 0 Å². The van der Waals surface area contributed by atoms with Crippen molar-refractivity contribution in [2.45, 2.75) is 70.0 Å². The van der Waals surface area contributed by atoms with Gasteiger partial charge in [0.15, 0.2) is 0 Å². The molecular weight excluding hydrogens is 490 g/mol. The Bertz CT molecular complexity index is 1270. The van der Waals surface area contributed by atoms with Crippen LogP contribution in [0.5, 0.6) is 0 Å². The Labute approximate surface area is 229 Å². The van der Waals surface area contributed by atoms with Gasteiger partial charge in [-0.2, -0.15) is 0 Å². The summed E-state index contributed by atoms with van der Waals surface area (Å²) in [6.45, 7) is 2.50. The van der Waals surface area contributed by atoms with Crippen LogP contribution in [0.3, 0.4) is 0 Å². The Kier molecular flexibility index (Phi) is 8.39. The summed E-state index contributed by atoms with van der Waals surface area (Å²) in [5.41, 5.74) is 3.21. The van der Waals surface area contributed by atoms with Crippen LogP contribution in [-0.4, -0.2) is 45.2 Å². The number of likely N-dealkylation sites (tertiary alicyclic amines) is 1. The highest BCUT2D eigenvalue weighted by atomic mass is 16.2. The molecule has 0 bridgehead atoms. The molecule has 39 heavy (non-hydrogen) atoms. The highest BCUT2D eigenvalue weighted by molar-refractivity contribution is 5.92. The van der Waals surface area contributed by atoms with E-state index in [9.17, 15) is 14.4 Å². The van der Waals surface area contributed by atoms with Crippen molar-refractivity contribution in [1.29, 1.82) is 0 Å². The van der Waals surface area contributed by atoms with E-state index < -0.39 is 12.1 Å². The molecule has 1 aliphatic carbocycles. The van der Waals surface area contributed by atoms with Gasteiger partial charge in [0.05, 0.1) is 18.5 Å². The third-order valence-corrected chi connectivity index (χ3v) is 7.61. The summed E-state index contributed by atoms with van der Waals surface area (Å²) >= 11 is 0. The Balaban J connectivity index is 1.24. The minimum Gasteiger partial charge on any atom is -0.345 e. The van der Waals surface area contributed by atoms with Gasteiger partial charge in [-0.15, -0.1) is 0 Å². The maximum atomic E-state index is 13.5. The van der Waals surface area contributed by atoms with E-state index in [4.69, 9.17) is 0 Å². The first-order valence-corrected chi connectivity index (χ1v) is 14.0. The highest BCUT2D eigenvalue weighted by Crippen LogP contribution is 2.33. The van der Waals surface area contributed by atoms with Gasteiger partial charge in [0, 0.05) is 31.3 Å². The molecule has 0 radical (unpaired) electrons. The maximum absolute atomic E-state index is 13.5.